The van der Waals surface area contributed by atoms with Crippen molar-refractivity contribution < 1.29 is 14.3 Å². The van der Waals surface area contributed by atoms with Crippen LogP contribution in [0.3, 0.4) is 0 Å². The van der Waals surface area contributed by atoms with E-state index in [2.05, 4.69) is 33.2 Å². The van der Waals surface area contributed by atoms with Crippen molar-refractivity contribution in [2.75, 3.05) is 30.4 Å². The van der Waals surface area contributed by atoms with Crippen LogP contribution in [0.4, 0.5) is 11.4 Å². The van der Waals surface area contributed by atoms with Crippen molar-refractivity contribution in [2.45, 2.75) is 6.10 Å². The highest BCUT2D eigenvalue weighted by Gasteiger charge is 2.30. The Balaban J connectivity index is 1.74. The molecule has 0 bridgehead atoms. The molecule has 25 heavy (non-hydrogen) atoms. The Morgan fingerprint density at radius 1 is 1.20 bits per heavy atom. The van der Waals surface area contributed by atoms with Gasteiger partial charge in [-0.1, -0.05) is 12.1 Å². The molecule has 7 heteroatoms. The summed E-state index contributed by atoms with van der Waals surface area (Å²) in [5.41, 5.74) is 1.55. The van der Waals surface area contributed by atoms with E-state index >= 15 is 0 Å². The van der Waals surface area contributed by atoms with E-state index in [-0.39, 0.29) is 18.4 Å². The van der Waals surface area contributed by atoms with Gasteiger partial charge in [0.1, 0.15) is 5.75 Å². The highest BCUT2D eigenvalue weighted by atomic mass is 127. The van der Waals surface area contributed by atoms with Gasteiger partial charge >= 0.3 is 0 Å². The average Bonchev–Trinajstić information content (AvgIpc) is 2.62. The van der Waals surface area contributed by atoms with Crippen LogP contribution < -0.4 is 20.3 Å². The molecule has 0 fully saturated rings. The van der Waals surface area contributed by atoms with Gasteiger partial charge in [-0.25, -0.2) is 0 Å². The number of nitrogens with one attached hydrogen (secondary N) is 2. The lowest BCUT2D eigenvalue weighted by molar-refractivity contribution is -0.127. The number of benzene rings is 2. The molecule has 0 saturated carbocycles. The molecule has 0 aromatic heterocycles. The summed E-state index contributed by atoms with van der Waals surface area (Å²) in [5.74, 6) is 0.246. The summed E-state index contributed by atoms with van der Waals surface area (Å²) in [4.78, 5) is 26.3. The first-order valence-electron chi connectivity index (χ1n) is 7.84. The molecule has 130 valence electrons. The third-order valence-electron chi connectivity index (χ3n) is 3.86. The molecule has 0 saturated heterocycles. The Morgan fingerprint density at radius 3 is 2.64 bits per heavy atom. The van der Waals surface area contributed by atoms with Crippen LogP contribution in [0.25, 0.3) is 0 Å². The first kappa shape index (κ1) is 17.5. The summed E-state index contributed by atoms with van der Waals surface area (Å²) in [6.07, 6.45) is -0.647. The molecule has 3 rings (SSSR count). The molecular formula is C18H18IN3O3. The summed E-state index contributed by atoms with van der Waals surface area (Å²) in [6.45, 7) is 0.455. The minimum absolute atomic E-state index is 0.139. The number of likely N-dealkylation sites (N-methyl/N-ethyl adjacent to an activating group) is 1. The normalized spacial score (nSPS) is 15.8. The van der Waals surface area contributed by atoms with E-state index in [1.165, 1.54) is 0 Å². The van der Waals surface area contributed by atoms with Crippen molar-refractivity contribution in [3.8, 4) is 5.75 Å². The summed E-state index contributed by atoms with van der Waals surface area (Å²) in [6, 6.07) is 15.0. The fourth-order valence-electron chi connectivity index (χ4n) is 2.66. The van der Waals surface area contributed by atoms with Gasteiger partial charge in [0.2, 0.25) is 5.91 Å². The van der Waals surface area contributed by atoms with Crippen LogP contribution in [-0.4, -0.2) is 38.1 Å². The maximum Gasteiger partial charge on any atom is 0.262 e. The third kappa shape index (κ3) is 4.22. The van der Waals surface area contributed by atoms with Crippen LogP contribution in [0.15, 0.2) is 48.5 Å². The molecule has 2 amide bonds. The molecule has 1 atom stereocenters. The Labute approximate surface area is 159 Å². The number of hydrogen-bond acceptors (Lipinski definition) is 4. The van der Waals surface area contributed by atoms with Crippen molar-refractivity contribution in [2.24, 2.45) is 0 Å². The molecule has 6 nitrogen and oxygen atoms in total. The number of nitrogens with zero attached hydrogens (tertiary/aromatic N) is 1. The van der Waals surface area contributed by atoms with Gasteiger partial charge < -0.3 is 20.3 Å². The molecule has 2 aromatic carbocycles. The van der Waals surface area contributed by atoms with Gasteiger partial charge in [-0.2, -0.15) is 0 Å². The minimum Gasteiger partial charge on any atom is -0.477 e. The van der Waals surface area contributed by atoms with Crippen LogP contribution in [0.1, 0.15) is 0 Å². The Morgan fingerprint density at radius 2 is 1.92 bits per heavy atom. The first-order valence-corrected chi connectivity index (χ1v) is 8.92. The second-order valence-electron chi connectivity index (χ2n) is 5.62. The van der Waals surface area contributed by atoms with E-state index in [0.717, 1.165) is 14.9 Å². The zero-order valence-electron chi connectivity index (χ0n) is 13.7. The second kappa shape index (κ2) is 7.73. The summed E-state index contributed by atoms with van der Waals surface area (Å²) in [5, 5.41) is 5.47. The minimum atomic E-state index is -0.647. The third-order valence-corrected chi connectivity index (χ3v) is 4.58. The number of rotatable bonds is 4. The smallest absolute Gasteiger partial charge is 0.262 e. The van der Waals surface area contributed by atoms with Crippen LogP contribution in [0.5, 0.6) is 5.75 Å². The number of fused-ring (bicyclic) bond motifs is 1. The van der Waals surface area contributed by atoms with E-state index in [1.807, 2.05) is 47.4 Å². The van der Waals surface area contributed by atoms with Crippen molar-refractivity contribution in [1.29, 1.82) is 0 Å². The van der Waals surface area contributed by atoms with Crippen LogP contribution in [-0.2, 0) is 9.59 Å². The number of carbonyl (C=O) groups is 2. The van der Waals surface area contributed by atoms with Gasteiger partial charge in [0, 0.05) is 16.3 Å². The predicted molar refractivity (Wildman–Crippen MR) is 105 cm³/mol. The molecule has 1 aliphatic heterocycles. The molecular weight excluding hydrogens is 433 g/mol. The monoisotopic (exact) mass is 451 g/mol. The number of anilines is 2. The van der Waals surface area contributed by atoms with Crippen molar-refractivity contribution in [3.63, 3.8) is 0 Å². The standard InChI is InChI=1S/C18H18IN3O3/c1-20-18(24)16-10-22(14-4-2-3-5-15(14)25-16)11-17(23)21-13-8-6-12(19)7-9-13/h2-9,16H,10-11H2,1H3,(H,20,24)(H,21,23)/t16-/m0/s1. The van der Waals surface area contributed by atoms with Gasteiger partial charge in [-0.05, 0) is 59.0 Å². The maximum atomic E-state index is 12.4. The number of carbonyl (C=O) groups excluding carboxylic acids is 2. The zero-order chi connectivity index (χ0) is 17.8. The zero-order valence-corrected chi connectivity index (χ0v) is 15.8. The van der Waals surface area contributed by atoms with E-state index in [9.17, 15) is 9.59 Å². The topological polar surface area (TPSA) is 70.7 Å². The van der Waals surface area contributed by atoms with Crippen molar-refractivity contribution in [3.05, 3.63) is 52.1 Å². The Hall–Kier alpha value is -2.29. The highest BCUT2D eigenvalue weighted by molar-refractivity contribution is 14.1. The quantitative estimate of drug-likeness (QED) is 0.700. The fourth-order valence-corrected chi connectivity index (χ4v) is 3.02. The van der Waals surface area contributed by atoms with Crippen molar-refractivity contribution in [1.82, 2.24) is 5.32 Å². The predicted octanol–water partition coefficient (Wildman–Crippen LogP) is 2.24. The number of ether oxygens (including phenoxy) is 1. The lowest BCUT2D eigenvalue weighted by atomic mass is 10.1. The number of amides is 2. The van der Waals surface area contributed by atoms with E-state index in [1.54, 1.807) is 13.1 Å². The summed E-state index contributed by atoms with van der Waals surface area (Å²) < 4.78 is 6.84. The lowest BCUT2D eigenvalue weighted by Gasteiger charge is -2.34. The van der Waals surface area contributed by atoms with Gasteiger partial charge in [-0.3, -0.25) is 9.59 Å². The van der Waals surface area contributed by atoms with Gasteiger partial charge in [0.25, 0.3) is 5.91 Å². The average molecular weight is 451 g/mol. The highest BCUT2D eigenvalue weighted by Crippen LogP contribution is 2.32. The van der Waals surface area contributed by atoms with Gasteiger partial charge in [0.15, 0.2) is 6.10 Å². The molecule has 0 unspecified atom stereocenters. The number of hydrogen-bond donors (Lipinski definition) is 2. The molecule has 0 aliphatic carbocycles. The number of para-hydroxylation sites is 2. The Bertz CT molecular complexity index is 779. The molecule has 0 spiro atoms. The van der Waals surface area contributed by atoms with Gasteiger partial charge in [0.05, 0.1) is 18.8 Å². The summed E-state index contributed by atoms with van der Waals surface area (Å²) in [7, 11) is 1.57. The lowest BCUT2D eigenvalue weighted by Crippen LogP contribution is -2.50. The second-order valence-corrected chi connectivity index (χ2v) is 6.87. The van der Waals surface area contributed by atoms with Crippen LogP contribution in [0, 0.1) is 3.57 Å². The van der Waals surface area contributed by atoms with Crippen LogP contribution in [0.2, 0.25) is 0 Å². The molecule has 0 radical (unpaired) electrons. The molecule has 1 aliphatic rings. The van der Waals surface area contributed by atoms with Crippen molar-refractivity contribution >= 4 is 45.8 Å². The van der Waals surface area contributed by atoms with E-state index in [4.69, 9.17) is 4.74 Å². The van der Waals surface area contributed by atoms with Crippen LogP contribution >= 0.6 is 22.6 Å². The van der Waals surface area contributed by atoms with E-state index in [0.29, 0.717) is 12.3 Å². The Kier molecular flexibility index (Phi) is 5.42. The fraction of sp³-hybridized carbons (Fsp3) is 0.222. The maximum absolute atomic E-state index is 12.4. The summed E-state index contributed by atoms with van der Waals surface area (Å²) >= 11 is 2.21. The largest absolute Gasteiger partial charge is 0.477 e. The number of halogens is 1. The first-order chi connectivity index (χ1) is 12.1. The van der Waals surface area contributed by atoms with Gasteiger partial charge in [-0.15, -0.1) is 0 Å². The van der Waals surface area contributed by atoms with E-state index < -0.39 is 6.10 Å². The molecule has 2 aromatic rings. The SMILES string of the molecule is CNC(=O)[C@@H]1CN(CC(=O)Nc2ccc(I)cc2)c2ccccc2O1. The molecule has 1 heterocycles. The molecule has 2 N–H and O–H groups in total.